The second kappa shape index (κ2) is 2.94. The summed E-state index contributed by atoms with van der Waals surface area (Å²) < 4.78 is 0. The number of hydrogen-bond donors (Lipinski definition) is 0. The van der Waals surface area contributed by atoms with Crippen LogP contribution in [0.5, 0.6) is 0 Å². The van der Waals surface area contributed by atoms with Crippen LogP contribution in [0.15, 0.2) is 29.3 Å². The Bertz CT molecular complexity index is 330. The summed E-state index contributed by atoms with van der Waals surface area (Å²) in [6.45, 7) is 4.29. The fourth-order valence-electron chi connectivity index (χ4n) is 1.45. The molecule has 62 valence electrons. The predicted octanol–water partition coefficient (Wildman–Crippen LogP) is 3.54. The van der Waals surface area contributed by atoms with Crippen LogP contribution in [0.25, 0.3) is 0 Å². The van der Waals surface area contributed by atoms with Gasteiger partial charge in [-0.2, -0.15) is 0 Å². The Kier molecular flexibility index (Phi) is 1.93. The number of hydrogen-bond acceptors (Lipinski definition) is 2. The third-order valence-corrected chi connectivity index (χ3v) is 3.04. The van der Waals surface area contributed by atoms with Crippen LogP contribution in [0.2, 0.25) is 0 Å². The van der Waals surface area contributed by atoms with Crippen molar-refractivity contribution in [2.45, 2.75) is 19.1 Å². The van der Waals surface area contributed by atoms with Crippen molar-refractivity contribution in [1.29, 1.82) is 0 Å². The molecule has 1 atom stereocenters. The molecular formula is C10H11NS. The van der Waals surface area contributed by atoms with Crippen LogP contribution >= 0.6 is 11.8 Å². The first-order valence-electron chi connectivity index (χ1n) is 4.08. The smallest absolute Gasteiger partial charge is 0.0713 e. The molecule has 1 aromatic rings. The van der Waals surface area contributed by atoms with Gasteiger partial charge in [0.15, 0.2) is 0 Å². The monoisotopic (exact) mass is 177 g/mol. The third-order valence-electron chi connectivity index (χ3n) is 2.00. The van der Waals surface area contributed by atoms with Gasteiger partial charge in [-0.25, -0.2) is 4.99 Å². The Morgan fingerprint density at radius 3 is 2.92 bits per heavy atom. The van der Waals surface area contributed by atoms with Crippen molar-refractivity contribution in [3.05, 3.63) is 29.8 Å². The molecule has 0 aromatic heterocycles. The Hall–Kier alpha value is -0.760. The molecule has 0 saturated heterocycles. The van der Waals surface area contributed by atoms with Crippen molar-refractivity contribution >= 4 is 22.5 Å². The summed E-state index contributed by atoms with van der Waals surface area (Å²) in [7, 11) is 0. The maximum Gasteiger partial charge on any atom is 0.0713 e. The first kappa shape index (κ1) is 7.87. The quantitative estimate of drug-likeness (QED) is 0.590. The van der Waals surface area contributed by atoms with E-state index in [1.54, 1.807) is 0 Å². The molecule has 2 heteroatoms. The van der Waals surface area contributed by atoms with Gasteiger partial charge >= 0.3 is 0 Å². The summed E-state index contributed by atoms with van der Waals surface area (Å²) in [6, 6.07) is 8.35. The highest BCUT2D eigenvalue weighted by Crippen LogP contribution is 2.39. The van der Waals surface area contributed by atoms with Crippen LogP contribution in [-0.4, -0.2) is 5.04 Å². The molecule has 12 heavy (non-hydrogen) atoms. The molecular weight excluding hydrogens is 166 g/mol. The normalized spacial score (nSPS) is 21.5. The summed E-state index contributed by atoms with van der Waals surface area (Å²) >= 11 is 1.83. The minimum atomic E-state index is 0.554. The number of fused-ring (bicyclic) bond motifs is 1. The number of para-hydroxylation sites is 1. The Morgan fingerprint density at radius 2 is 2.08 bits per heavy atom. The van der Waals surface area contributed by atoms with Crippen LogP contribution in [0, 0.1) is 0 Å². The van der Waals surface area contributed by atoms with Gasteiger partial charge in [0.2, 0.25) is 0 Å². The average molecular weight is 177 g/mol. The zero-order chi connectivity index (χ0) is 8.55. The van der Waals surface area contributed by atoms with Crippen molar-refractivity contribution in [3.63, 3.8) is 0 Å². The Balaban J connectivity index is 2.55. The van der Waals surface area contributed by atoms with Gasteiger partial charge in [0.1, 0.15) is 0 Å². The van der Waals surface area contributed by atoms with Crippen LogP contribution in [0.3, 0.4) is 0 Å². The minimum Gasteiger partial charge on any atom is -0.247 e. The molecule has 0 radical (unpaired) electrons. The van der Waals surface area contributed by atoms with E-state index in [1.807, 2.05) is 17.8 Å². The molecule has 0 spiro atoms. The van der Waals surface area contributed by atoms with Gasteiger partial charge in [-0.05, 0) is 25.5 Å². The van der Waals surface area contributed by atoms with E-state index in [0.29, 0.717) is 5.25 Å². The van der Waals surface area contributed by atoms with Gasteiger partial charge in [-0.3, -0.25) is 0 Å². The van der Waals surface area contributed by atoms with Crippen LogP contribution in [0.1, 0.15) is 24.7 Å². The third kappa shape index (κ3) is 1.27. The number of rotatable bonds is 0. The Morgan fingerprint density at radius 1 is 1.33 bits per heavy atom. The van der Waals surface area contributed by atoms with Gasteiger partial charge in [0, 0.05) is 5.25 Å². The molecule has 0 fully saturated rings. The average Bonchev–Trinajstić information content (AvgIpc) is 2.04. The van der Waals surface area contributed by atoms with Gasteiger partial charge in [0.05, 0.1) is 10.7 Å². The van der Waals surface area contributed by atoms with Crippen LogP contribution in [0.4, 0.5) is 5.69 Å². The number of benzene rings is 1. The lowest BCUT2D eigenvalue weighted by molar-refractivity contribution is 1.09. The number of nitrogens with zero attached hydrogens (tertiary/aromatic N) is 1. The SMILES string of the molecule is CC1=Nc2ccccc2C(C)S1. The van der Waals surface area contributed by atoms with Crippen molar-refractivity contribution < 1.29 is 0 Å². The first-order valence-corrected chi connectivity index (χ1v) is 4.96. The maximum absolute atomic E-state index is 4.48. The van der Waals surface area contributed by atoms with E-state index >= 15 is 0 Å². The molecule has 1 heterocycles. The van der Waals surface area contributed by atoms with Crippen molar-refractivity contribution in [2.24, 2.45) is 4.99 Å². The standard InChI is InChI=1S/C10H11NS/c1-7-9-5-3-4-6-10(9)11-8(2)12-7/h3-7H,1-2H3. The van der Waals surface area contributed by atoms with E-state index in [4.69, 9.17) is 0 Å². The topological polar surface area (TPSA) is 12.4 Å². The molecule has 0 N–H and O–H groups in total. The molecule has 0 saturated carbocycles. The van der Waals surface area contributed by atoms with Crippen LogP contribution in [-0.2, 0) is 0 Å². The van der Waals surface area contributed by atoms with E-state index in [-0.39, 0.29) is 0 Å². The fourth-order valence-corrected chi connectivity index (χ4v) is 2.44. The molecule has 1 aromatic carbocycles. The molecule has 1 aliphatic heterocycles. The molecule has 1 nitrogen and oxygen atoms in total. The second-order valence-electron chi connectivity index (χ2n) is 2.95. The van der Waals surface area contributed by atoms with Crippen molar-refractivity contribution in [2.75, 3.05) is 0 Å². The highest BCUT2D eigenvalue weighted by atomic mass is 32.2. The largest absolute Gasteiger partial charge is 0.247 e. The molecule has 1 aliphatic rings. The van der Waals surface area contributed by atoms with Gasteiger partial charge < -0.3 is 0 Å². The van der Waals surface area contributed by atoms with Gasteiger partial charge in [-0.1, -0.05) is 18.2 Å². The molecule has 0 bridgehead atoms. The molecule has 0 aliphatic carbocycles. The number of thioether (sulfide) groups is 1. The van der Waals surface area contributed by atoms with Crippen molar-refractivity contribution in [3.8, 4) is 0 Å². The van der Waals surface area contributed by atoms with E-state index in [2.05, 4.69) is 37.0 Å². The van der Waals surface area contributed by atoms with E-state index in [1.165, 1.54) is 10.6 Å². The summed E-state index contributed by atoms with van der Waals surface area (Å²) in [6.07, 6.45) is 0. The summed E-state index contributed by atoms with van der Waals surface area (Å²) in [5, 5.41) is 1.72. The fraction of sp³-hybridized carbons (Fsp3) is 0.300. The summed E-state index contributed by atoms with van der Waals surface area (Å²) in [5.74, 6) is 0. The highest BCUT2D eigenvalue weighted by molar-refractivity contribution is 8.14. The molecule has 1 unspecified atom stereocenters. The lowest BCUT2D eigenvalue weighted by atomic mass is 10.1. The summed E-state index contributed by atoms with van der Waals surface area (Å²) in [5.41, 5.74) is 2.49. The van der Waals surface area contributed by atoms with Crippen molar-refractivity contribution in [1.82, 2.24) is 0 Å². The second-order valence-corrected chi connectivity index (χ2v) is 4.48. The lowest BCUT2D eigenvalue weighted by Gasteiger charge is -2.18. The zero-order valence-corrected chi connectivity index (χ0v) is 8.06. The lowest BCUT2D eigenvalue weighted by Crippen LogP contribution is -1.98. The van der Waals surface area contributed by atoms with Gasteiger partial charge in [0.25, 0.3) is 0 Å². The maximum atomic E-state index is 4.48. The Labute approximate surface area is 76.9 Å². The minimum absolute atomic E-state index is 0.554. The first-order chi connectivity index (χ1) is 5.77. The summed E-state index contributed by atoms with van der Waals surface area (Å²) in [4.78, 5) is 4.48. The zero-order valence-electron chi connectivity index (χ0n) is 7.24. The van der Waals surface area contributed by atoms with Gasteiger partial charge in [-0.15, -0.1) is 11.8 Å². The molecule has 2 rings (SSSR count). The predicted molar refractivity (Wildman–Crippen MR) is 55.2 cm³/mol. The number of aliphatic imine (C=N–C) groups is 1. The van der Waals surface area contributed by atoms with Crippen LogP contribution < -0.4 is 0 Å². The highest BCUT2D eigenvalue weighted by Gasteiger charge is 2.15. The van der Waals surface area contributed by atoms with E-state index in [0.717, 1.165) is 5.69 Å². The van der Waals surface area contributed by atoms with E-state index in [9.17, 15) is 0 Å². The molecule has 0 amide bonds. The van der Waals surface area contributed by atoms with E-state index < -0.39 is 0 Å².